The van der Waals surface area contributed by atoms with Crippen molar-refractivity contribution in [2.75, 3.05) is 0 Å². The van der Waals surface area contributed by atoms with E-state index in [1.54, 1.807) is 0 Å². The Morgan fingerprint density at radius 2 is 0.905 bits per heavy atom. The molecule has 0 radical (unpaired) electrons. The van der Waals surface area contributed by atoms with Crippen molar-refractivity contribution in [2.45, 2.75) is 19.3 Å². The molecular weight excluding hydrogens is 763 g/mol. The van der Waals surface area contributed by atoms with Gasteiger partial charge in [0, 0.05) is 49.1 Å². The van der Waals surface area contributed by atoms with Crippen molar-refractivity contribution in [3.63, 3.8) is 0 Å². The van der Waals surface area contributed by atoms with Crippen LogP contribution in [0, 0.1) is 11.3 Å². The highest BCUT2D eigenvalue weighted by molar-refractivity contribution is 6.20. The predicted molar refractivity (Wildman–Crippen MR) is 263 cm³/mol. The van der Waals surface area contributed by atoms with Gasteiger partial charge in [0.15, 0.2) is 0 Å². The highest BCUT2D eigenvalue weighted by Crippen LogP contribution is 2.50. The second-order valence-corrected chi connectivity index (χ2v) is 17.6. The summed E-state index contributed by atoms with van der Waals surface area (Å²) < 4.78 is 4.94. The SMILES string of the molecule is CC1(C)c2cc(C#N)ccc2-c2ccc(-c3cc(-c4ccc5c6ccc7ccccc7c6n(-c6ccccc6)c5c4)cc(-n4c5ccccc5c5ccc6ccccc6c54)c3)cc21. The molecule has 1 aliphatic rings. The van der Waals surface area contributed by atoms with E-state index in [9.17, 15) is 5.26 Å². The molecule has 0 fully saturated rings. The Morgan fingerprint density at radius 3 is 1.59 bits per heavy atom. The van der Waals surface area contributed by atoms with E-state index in [0.29, 0.717) is 5.56 Å². The van der Waals surface area contributed by atoms with Gasteiger partial charge in [-0.05, 0) is 116 Å². The molecule has 2 aromatic heterocycles. The first-order valence-corrected chi connectivity index (χ1v) is 21.7. The summed E-state index contributed by atoms with van der Waals surface area (Å²) in [6.07, 6.45) is 0. The summed E-state index contributed by atoms with van der Waals surface area (Å²) in [5, 5.41) is 19.7. The molecular formula is C60H39N3. The molecule has 2 heterocycles. The Hall–Kier alpha value is -8.19. The Labute approximate surface area is 364 Å². The first-order valence-electron chi connectivity index (χ1n) is 21.7. The second-order valence-electron chi connectivity index (χ2n) is 17.6. The van der Waals surface area contributed by atoms with Crippen molar-refractivity contribution >= 4 is 65.2 Å². The average Bonchev–Trinajstić information content (AvgIpc) is 3.94. The zero-order valence-corrected chi connectivity index (χ0v) is 34.9. The molecule has 0 unspecified atom stereocenters. The molecule has 0 spiro atoms. The monoisotopic (exact) mass is 801 g/mol. The largest absolute Gasteiger partial charge is 0.309 e. The van der Waals surface area contributed by atoms with Crippen molar-refractivity contribution in [3.8, 4) is 50.8 Å². The predicted octanol–water partition coefficient (Wildman–Crippen LogP) is 15.7. The summed E-state index contributed by atoms with van der Waals surface area (Å²) in [5.74, 6) is 0. The van der Waals surface area contributed by atoms with Crippen LogP contribution in [0.4, 0.5) is 0 Å². The summed E-state index contributed by atoms with van der Waals surface area (Å²) >= 11 is 0. The Kier molecular flexibility index (Phi) is 7.42. The third-order valence-electron chi connectivity index (χ3n) is 13.9. The fraction of sp³-hybridized carbons (Fsp3) is 0.0500. The topological polar surface area (TPSA) is 33.6 Å². The fourth-order valence-corrected chi connectivity index (χ4v) is 10.9. The van der Waals surface area contributed by atoms with E-state index in [1.807, 2.05) is 6.07 Å². The number of fused-ring (bicyclic) bond motifs is 13. The molecule has 63 heavy (non-hydrogen) atoms. The standard InChI is InChI=1S/C60H39N3/c1-60(2)54-30-37(36-61)20-25-48(54)49-26-23-40(34-55(49)60)42-31-43(33-45(32-42)63-56-19-11-10-18-50(56)52-28-21-39-13-7-9-17-47(39)59(52)63)41-24-27-51-53-29-22-38-12-6-8-16-46(38)58(53)62(57(51)35-41)44-14-4-3-5-15-44/h3-35H,1-2H3. The van der Waals surface area contributed by atoms with Crippen LogP contribution < -0.4 is 0 Å². The first-order chi connectivity index (χ1) is 30.9. The Balaban J connectivity index is 1.10. The fourth-order valence-electron chi connectivity index (χ4n) is 10.9. The molecule has 3 heteroatoms. The lowest BCUT2D eigenvalue weighted by Crippen LogP contribution is -2.15. The van der Waals surface area contributed by atoms with Crippen LogP contribution >= 0.6 is 0 Å². The minimum atomic E-state index is -0.264. The van der Waals surface area contributed by atoms with Gasteiger partial charge in [-0.1, -0.05) is 153 Å². The van der Waals surface area contributed by atoms with Gasteiger partial charge in [0.05, 0.1) is 33.7 Å². The van der Waals surface area contributed by atoms with Crippen LogP contribution in [0.25, 0.3) is 110 Å². The van der Waals surface area contributed by atoms with Crippen molar-refractivity contribution < 1.29 is 0 Å². The maximum absolute atomic E-state index is 9.82. The molecule has 12 aromatic rings. The van der Waals surface area contributed by atoms with Crippen LogP contribution in [-0.2, 0) is 5.41 Å². The summed E-state index contributed by atoms with van der Waals surface area (Å²) in [6.45, 7) is 4.58. The molecule has 1 aliphatic carbocycles. The van der Waals surface area contributed by atoms with Gasteiger partial charge in [-0.3, -0.25) is 0 Å². The van der Waals surface area contributed by atoms with Crippen molar-refractivity contribution in [1.82, 2.24) is 9.13 Å². The number of rotatable bonds is 4. The van der Waals surface area contributed by atoms with E-state index in [0.717, 1.165) is 33.6 Å². The highest BCUT2D eigenvalue weighted by atomic mass is 15.0. The molecule has 0 aliphatic heterocycles. The average molecular weight is 802 g/mol. The summed E-state index contributed by atoms with van der Waals surface area (Å²) in [4.78, 5) is 0. The van der Waals surface area contributed by atoms with Crippen LogP contribution in [0.1, 0.15) is 30.5 Å². The molecule has 0 amide bonds. The van der Waals surface area contributed by atoms with E-state index in [4.69, 9.17) is 0 Å². The third kappa shape index (κ3) is 5.13. The summed E-state index contributed by atoms with van der Waals surface area (Å²) in [6, 6.07) is 75.9. The number of benzene rings is 10. The normalized spacial score (nSPS) is 13.0. The van der Waals surface area contributed by atoms with E-state index >= 15 is 0 Å². The van der Waals surface area contributed by atoms with E-state index in [1.165, 1.54) is 87.4 Å². The van der Waals surface area contributed by atoms with Crippen LogP contribution in [0.2, 0.25) is 0 Å². The van der Waals surface area contributed by atoms with Gasteiger partial charge in [0.1, 0.15) is 0 Å². The number of aromatic nitrogens is 2. The maximum atomic E-state index is 9.82. The minimum Gasteiger partial charge on any atom is -0.309 e. The van der Waals surface area contributed by atoms with E-state index in [2.05, 4.69) is 223 Å². The molecule has 0 saturated carbocycles. The van der Waals surface area contributed by atoms with Gasteiger partial charge in [-0.2, -0.15) is 5.26 Å². The molecule has 0 saturated heterocycles. The minimum absolute atomic E-state index is 0.264. The lowest BCUT2D eigenvalue weighted by Gasteiger charge is -2.22. The van der Waals surface area contributed by atoms with E-state index < -0.39 is 0 Å². The van der Waals surface area contributed by atoms with Gasteiger partial charge < -0.3 is 9.13 Å². The summed E-state index contributed by atoms with van der Waals surface area (Å²) in [7, 11) is 0. The molecule has 294 valence electrons. The highest BCUT2D eigenvalue weighted by Gasteiger charge is 2.36. The van der Waals surface area contributed by atoms with Crippen molar-refractivity contribution in [1.29, 1.82) is 5.26 Å². The van der Waals surface area contributed by atoms with Gasteiger partial charge in [-0.25, -0.2) is 0 Å². The molecule has 0 atom stereocenters. The summed E-state index contributed by atoms with van der Waals surface area (Å²) in [5.41, 5.74) is 17.0. The van der Waals surface area contributed by atoms with Crippen molar-refractivity contribution in [2.24, 2.45) is 0 Å². The van der Waals surface area contributed by atoms with E-state index in [-0.39, 0.29) is 5.41 Å². The molecule has 13 rings (SSSR count). The number of hydrogen-bond acceptors (Lipinski definition) is 1. The Bertz CT molecular complexity index is 3950. The maximum Gasteiger partial charge on any atom is 0.0991 e. The van der Waals surface area contributed by atoms with Crippen LogP contribution in [0.5, 0.6) is 0 Å². The molecule has 3 nitrogen and oxygen atoms in total. The molecule has 0 bridgehead atoms. The van der Waals surface area contributed by atoms with Gasteiger partial charge in [0.25, 0.3) is 0 Å². The first kappa shape index (κ1) is 35.6. The van der Waals surface area contributed by atoms with Gasteiger partial charge in [0.2, 0.25) is 0 Å². The quantitative estimate of drug-likeness (QED) is 0.174. The number of nitrogens with zero attached hydrogens (tertiary/aromatic N) is 3. The second kappa shape index (κ2) is 13.2. The van der Waals surface area contributed by atoms with Crippen molar-refractivity contribution in [3.05, 3.63) is 217 Å². The molecule has 10 aromatic carbocycles. The number of nitriles is 1. The molecule has 0 N–H and O–H groups in total. The van der Waals surface area contributed by atoms with Gasteiger partial charge >= 0.3 is 0 Å². The van der Waals surface area contributed by atoms with Crippen LogP contribution in [0.3, 0.4) is 0 Å². The number of para-hydroxylation sites is 2. The number of hydrogen-bond donors (Lipinski definition) is 0. The van der Waals surface area contributed by atoms with Crippen LogP contribution in [-0.4, -0.2) is 9.13 Å². The zero-order chi connectivity index (χ0) is 42.0. The Morgan fingerprint density at radius 1 is 0.381 bits per heavy atom. The smallest absolute Gasteiger partial charge is 0.0991 e. The van der Waals surface area contributed by atoms with Crippen LogP contribution in [0.15, 0.2) is 200 Å². The van der Waals surface area contributed by atoms with Gasteiger partial charge in [-0.15, -0.1) is 0 Å². The lowest BCUT2D eigenvalue weighted by molar-refractivity contribution is 0.660. The lowest BCUT2D eigenvalue weighted by atomic mass is 9.81. The third-order valence-corrected chi connectivity index (χ3v) is 13.9. The zero-order valence-electron chi connectivity index (χ0n) is 34.9.